The van der Waals surface area contributed by atoms with Crippen LogP contribution in [-0.2, 0) is 0 Å². The van der Waals surface area contributed by atoms with Crippen LogP contribution in [0.5, 0.6) is 11.5 Å². The van der Waals surface area contributed by atoms with Crippen molar-refractivity contribution in [3.05, 3.63) is 59.7 Å². The topological polar surface area (TPSA) is 52.6 Å². The van der Waals surface area contributed by atoms with Gasteiger partial charge < -0.3 is 9.47 Å². The smallest absolute Gasteiger partial charge is 0.162 e. The number of hydrogen-bond donors (Lipinski definition) is 0. The Bertz CT molecular complexity index is 695. The third-order valence-corrected chi connectivity index (χ3v) is 4.86. The fourth-order valence-corrected chi connectivity index (χ4v) is 3.13. The standard InChI is InChI=1S/C26H34O4/c1-3-19-29-23-15-11-21(12-16-23)25(27)9-7-5-6-8-10-26(28)22-13-17-24(18-14-22)30-20-4-2/h11-18H,3-10,19-20H2,1-2H3. The molecular weight excluding hydrogens is 376 g/mol. The van der Waals surface area contributed by atoms with Crippen LogP contribution in [0.25, 0.3) is 0 Å². The molecule has 0 atom stereocenters. The summed E-state index contributed by atoms with van der Waals surface area (Å²) in [6, 6.07) is 14.8. The van der Waals surface area contributed by atoms with Crippen LogP contribution in [0, 0.1) is 0 Å². The van der Waals surface area contributed by atoms with E-state index in [0.717, 1.165) is 61.2 Å². The lowest BCUT2D eigenvalue weighted by Gasteiger charge is -2.06. The summed E-state index contributed by atoms with van der Waals surface area (Å²) >= 11 is 0. The summed E-state index contributed by atoms with van der Waals surface area (Å²) in [5.41, 5.74) is 1.47. The van der Waals surface area contributed by atoms with E-state index in [1.165, 1.54) is 0 Å². The van der Waals surface area contributed by atoms with E-state index in [4.69, 9.17) is 9.47 Å². The molecule has 0 heterocycles. The van der Waals surface area contributed by atoms with Gasteiger partial charge in [-0.3, -0.25) is 9.59 Å². The molecule has 0 aliphatic carbocycles. The van der Waals surface area contributed by atoms with Gasteiger partial charge in [0.1, 0.15) is 11.5 Å². The lowest BCUT2D eigenvalue weighted by atomic mass is 10.0. The van der Waals surface area contributed by atoms with E-state index < -0.39 is 0 Å². The zero-order valence-electron chi connectivity index (χ0n) is 18.3. The van der Waals surface area contributed by atoms with Crippen molar-refractivity contribution < 1.29 is 19.1 Å². The van der Waals surface area contributed by atoms with Crippen molar-refractivity contribution >= 4 is 11.6 Å². The van der Waals surface area contributed by atoms with E-state index in [1.807, 2.05) is 48.5 Å². The van der Waals surface area contributed by atoms with Crippen molar-refractivity contribution in [2.24, 2.45) is 0 Å². The summed E-state index contributed by atoms with van der Waals surface area (Å²) in [7, 11) is 0. The van der Waals surface area contributed by atoms with Crippen LogP contribution in [0.1, 0.15) is 85.9 Å². The highest BCUT2D eigenvalue weighted by Crippen LogP contribution is 2.17. The van der Waals surface area contributed by atoms with E-state index >= 15 is 0 Å². The van der Waals surface area contributed by atoms with Crippen molar-refractivity contribution in [1.82, 2.24) is 0 Å². The lowest BCUT2D eigenvalue weighted by Crippen LogP contribution is -2.01. The van der Waals surface area contributed by atoms with Gasteiger partial charge in [0.25, 0.3) is 0 Å². The Balaban J connectivity index is 1.60. The predicted octanol–water partition coefficient (Wildman–Crippen LogP) is 6.67. The van der Waals surface area contributed by atoms with Gasteiger partial charge in [0.15, 0.2) is 11.6 Å². The molecule has 2 aromatic carbocycles. The van der Waals surface area contributed by atoms with Crippen molar-refractivity contribution in [1.29, 1.82) is 0 Å². The SMILES string of the molecule is CCCOc1ccc(C(=O)CCCCCCC(=O)c2ccc(OCCC)cc2)cc1. The van der Waals surface area contributed by atoms with Crippen LogP contribution in [0.15, 0.2) is 48.5 Å². The Hall–Kier alpha value is -2.62. The molecule has 0 bridgehead atoms. The van der Waals surface area contributed by atoms with Crippen LogP contribution in [0.2, 0.25) is 0 Å². The molecule has 0 aromatic heterocycles. The fraction of sp³-hybridized carbons (Fsp3) is 0.462. The zero-order chi connectivity index (χ0) is 21.6. The second-order valence-electron chi connectivity index (χ2n) is 7.51. The Morgan fingerprint density at radius 2 is 0.967 bits per heavy atom. The number of carbonyl (C=O) groups excluding carboxylic acids is 2. The number of ketones is 2. The number of unbranched alkanes of at least 4 members (excludes halogenated alkanes) is 3. The van der Waals surface area contributed by atoms with Crippen LogP contribution in [-0.4, -0.2) is 24.8 Å². The molecule has 0 amide bonds. The third kappa shape index (κ3) is 8.40. The summed E-state index contributed by atoms with van der Waals surface area (Å²) in [6.07, 6.45) is 6.64. The van der Waals surface area contributed by atoms with Crippen LogP contribution in [0.3, 0.4) is 0 Å². The highest BCUT2D eigenvalue weighted by Gasteiger charge is 2.08. The predicted molar refractivity (Wildman–Crippen MR) is 121 cm³/mol. The van der Waals surface area contributed by atoms with E-state index in [1.54, 1.807) is 0 Å². The third-order valence-electron chi connectivity index (χ3n) is 4.86. The molecule has 0 unspecified atom stereocenters. The van der Waals surface area contributed by atoms with Crippen molar-refractivity contribution in [2.45, 2.75) is 65.2 Å². The molecule has 162 valence electrons. The first-order valence-electron chi connectivity index (χ1n) is 11.2. The summed E-state index contributed by atoms with van der Waals surface area (Å²) in [5.74, 6) is 1.94. The molecule has 0 N–H and O–H groups in total. The number of hydrogen-bond acceptors (Lipinski definition) is 4. The zero-order valence-corrected chi connectivity index (χ0v) is 18.3. The van der Waals surface area contributed by atoms with Crippen LogP contribution < -0.4 is 9.47 Å². The first-order valence-corrected chi connectivity index (χ1v) is 11.2. The molecule has 0 spiro atoms. The van der Waals surface area contributed by atoms with Gasteiger partial charge in [-0.05, 0) is 74.2 Å². The van der Waals surface area contributed by atoms with Crippen LogP contribution in [0.4, 0.5) is 0 Å². The minimum Gasteiger partial charge on any atom is -0.494 e. The molecule has 0 aliphatic heterocycles. The first-order chi connectivity index (χ1) is 14.6. The molecule has 0 aliphatic rings. The van der Waals surface area contributed by atoms with Gasteiger partial charge in [0.2, 0.25) is 0 Å². The normalized spacial score (nSPS) is 10.6. The number of ether oxygens (including phenoxy) is 2. The average Bonchev–Trinajstić information content (AvgIpc) is 2.78. The molecule has 0 radical (unpaired) electrons. The van der Waals surface area contributed by atoms with Crippen molar-refractivity contribution in [2.75, 3.05) is 13.2 Å². The second-order valence-corrected chi connectivity index (χ2v) is 7.51. The molecule has 0 fully saturated rings. The maximum atomic E-state index is 12.3. The minimum absolute atomic E-state index is 0.165. The van der Waals surface area contributed by atoms with Gasteiger partial charge in [-0.25, -0.2) is 0 Å². The summed E-state index contributed by atoms with van der Waals surface area (Å²) in [5, 5.41) is 0. The van der Waals surface area contributed by atoms with E-state index in [0.29, 0.717) is 26.1 Å². The van der Waals surface area contributed by atoms with Crippen molar-refractivity contribution in [3.8, 4) is 11.5 Å². The van der Waals surface area contributed by atoms with Gasteiger partial charge >= 0.3 is 0 Å². The molecule has 4 nitrogen and oxygen atoms in total. The fourth-order valence-electron chi connectivity index (χ4n) is 3.13. The van der Waals surface area contributed by atoms with E-state index in [2.05, 4.69) is 13.8 Å². The first kappa shape index (κ1) is 23.7. The van der Waals surface area contributed by atoms with Crippen molar-refractivity contribution in [3.63, 3.8) is 0 Å². The number of Topliss-reactive ketones (excluding diaryl/α,β-unsaturated/α-hetero) is 2. The van der Waals surface area contributed by atoms with E-state index in [9.17, 15) is 9.59 Å². The lowest BCUT2D eigenvalue weighted by molar-refractivity contribution is 0.0966. The molecule has 0 saturated heterocycles. The van der Waals surface area contributed by atoms with E-state index in [-0.39, 0.29) is 11.6 Å². The van der Waals surface area contributed by atoms with Crippen LogP contribution >= 0.6 is 0 Å². The highest BCUT2D eigenvalue weighted by atomic mass is 16.5. The Morgan fingerprint density at radius 3 is 1.30 bits per heavy atom. The summed E-state index contributed by atoms with van der Waals surface area (Å²) in [4.78, 5) is 24.6. The minimum atomic E-state index is 0.165. The number of rotatable bonds is 15. The Kier molecular flexibility index (Phi) is 10.7. The Morgan fingerprint density at radius 1 is 0.600 bits per heavy atom. The largest absolute Gasteiger partial charge is 0.494 e. The number of benzene rings is 2. The monoisotopic (exact) mass is 410 g/mol. The molecule has 2 rings (SSSR count). The maximum absolute atomic E-state index is 12.3. The molecule has 2 aromatic rings. The molecule has 4 heteroatoms. The molecule has 30 heavy (non-hydrogen) atoms. The maximum Gasteiger partial charge on any atom is 0.162 e. The highest BCUT2D eigenvalue weighted by molar-refractivity contribution is 5.96. The van der Waals surface area contributed by atoms with Gasteiger partial charge in [0, 0.05) is 24.0 Å². The van der Waals surface area contributed by atoms with Gasteiger partial charge in [-0.2, -0.15) is 0 Å². The van der Waals surface area contributed by atoms with Gasteiger partial charge in [-0.1, -0.05) is 26.7 Å². The van der Waals surface area contributed by atoms with Gasteiger partial charge in [-0.15, -0.1) is 0 Å². The summed E-state index contributed by atoms with van der Waals surface area (Å²) in [6.45, 7) is 5.51. The number of carbonyl (C=O) groups is 2. The average molecular weight is 411 g/mol. The Labute approximate surface area is 180 Å². The second kappa shape index (κ2) is 13.6. The molecule has 0 saturated carbocycles. The summed E-state index contributed by atoms with van der Waals surface area (Å²) < 4.78 is 11.1. The molecular formula is C26H34O4. The quantitative estimate of drug-likeness (QED) is 0.243. The van der Waals surface area contributed by atoms with Gasteiger partial charge in [0.05, 0.1) is 13.2 Å².